The summed E-state index contributed by atoms with van der Waals surface area (Å²) in [4.78, 5) is 7.27. The smallest absolute Gasteiger partial charge is 0.138 e. The summed E-state index contributed by atoms with van der Waals surface area (Å²) in [7, 11) is 0. The van der Waals surface area contributed by atoms with Crippen molar-refractivity contribution in [2.24, 2.45) is 0 Å². The lowest BCUT2D eigenvalue weighted by Crippen LogP contribution is -1.76. The normalized spacial score (nSPS) is 10.9. The first-order valence-corrected chi connectivity index (χ1v) is 4.17. The van der Waals surface area contributed by atoms with Crippen molar-refractivity contribution in [1.29, 1.82) is 0 Å². The fourth-order valence-electron chi connectivity index (χ4n) is 1.38. The zero-order valence-electron chi connectivity index (χ0n) is 6.98. The first-order chi connectivity index (χ1) is 5.70. The number of halogens is 1. The van der Waals surface area contributed by atoms with Crippen molar-refractivity contribution in [3.63, 3.8) is 0 Å². The molecule has 0 radical (unpaired) electrons. The number of rotatable bonds is 0. The summed E-state index contributed by atoms with van der Waals surface area (Å²) >= 11 is 5.94. The Balaban J connectivity index is 2.97. The summed E-state index contributed by atoms with van der Waals surface area (Å²) in [6, 6.07) is 1.93. The van der Waals surface area contributed by atoms with Crippen LogP contribution in [0.2, 0.25) is 5.15 Å². The van der Waals surface area contributed by atoms with Crippen molar-refractivity contribution in [3.05, 3.63) is 28.7 Å². The molecule has 0 unspecified atom stereocenters. The minimum atomic E-state index is 0.578. The van der Waals surface area contributed by atoms with Crippen LogP contribution < -0.4 is 0 Å². The molecule has 0 aliphatic heterocycles. The average Bonchev–Trinajstić information content (AvgIpc) is 2.29. The van der Waals surface area contributed by atoms with Gasteiger partial charge in [0.1, 0.15) is 5.15 Å². The second-order valence-corrected chi connectivity index (χ2v) is 3.26. The first-order valence-electron chi connectivity index (χ1n) is 3.79. The van der Waals surface area contributed by atoms with Crippen molar-refractivity contribution in [2.75, 3.05) is 0 Å². The molecule has 0 aliphatic carbocycles. The number of pyridine rings is 1. The van der Waals surface area contributed by atoms with Gasteiger partial charge in [0.2, 0.25) is 0 Å². The quantitative estimate of drug-likeness (QED) is 0.621. The topological polar surface area (TPSA) is 28.7 Å². The molecule has 0 aliphatic rings. The minimum Gasteiger partial charge on any atom is -0.358 e. The van der Waals surface area contributed by atoms with E-state index in [4.69, 9.17) is 11.6 Å². The number of nitrogens with one attached hydrogen (secondary N) is 1. The van der Waals surface area contributed by atoms with E-state index < -0.39 is 0 Å². The van der Waals surface area contributed by atoms with E-state index in [-0.39, 0.29) is 0 Å². The largest absolute Gasteiger partial charge is 0.358 e. The van der Waals surface area contributed by atoms with Crippen LogP contribution in [0.5, 0.6) is 0 Å². The Morgan fingerprint density at radius 1 is 1.42 bits per heavy atom. The lowest BCUT2D eigenvalue weighted by molar-refractivity contribution is 1.25. The van der Waals surface area contributed by atoms with Crippen LogP contribution >= 0.6 is 11.6 Å². The molecule has 2 aromatic heterocycles. The van der Waals surface area contributed by atoms with Gasteiger partial charge in [0.05, 0.1) is 5.52 Å². The third kappa shape index (κ3) is 0.916. The molecule has 0 bridgehead atoms. The predicted octanol–water partition coefficient (Wildman–Crippen LogP) is 2.83. The van der Waals surface area contributed by atoms with Crippen LogP contribution in [0.15, 0.2) is 12.3 Å². The maximum absolute atomic E-state index is 5.94. The van der Waals surface area contributed by atoms with Gasteiger partial charge < -0.3 is 4.98 Å². The Morgan fingerprint density at radius 3 is 2.83 bits per heavy atom. The van der Waals surface area contributed by atoms with Crippen LogP contribution in [-0.4, -0.2) is 9.97 Å². The van der Waals surface area contributed by atoms with Gasteiger partial charge in [-0.3, -0.25) is 0 Å². The number of H-pyrrole nitrogens is 1. The average molecular weight is 181 g/mol. The van der Waals surface area contributed by atoms with E-state index >= 15 is 0 Å². The summed E-state index contributed by atoms with van der Waals surface area (Å²) < 4.78 is 0. The molecule has 0 spiro atoms. The number of fused-ring (bicyclic) bond motifs is 1. The molecular formula is C9H9ClN2. The summed E-state index contributed by atoms with van der Waals surface area (Å²) in [6.45, 7) is 4.08. The van der Waals surface area contributed by atoms with E-state index in [1.807, 2.05) is 19.9 Å². The molecule has 2 aromatic rings. The van der Waals surface area contributed by atoms with Gasteiger partial charge in [0.25, 0.3) is 0 Å². The number of hydrogen-bond donors (Lipinski definition) is 1. The summed E-state index contributed by atoms with van der Waals surface area (Å²) in [5.74, 6) is 0. The molecule has 0 saturated heterocycles. The molecule has 2 heterocycles. The molecule has 0 fully saturated rings. The van der Waals surface area contributed by atoms with Gasteiger partial charge in [-0.1, -0.05) is 11.6 Å². The Morgan fingerprint density at radius 2 is 2.17 bits per heavy atom. The van der Waals surface area contributed by atoms with Crippen molar-refractivity contribution in [1.82, 2.24) is 9.97 Å². The van der Waals surface area contributed by atoms with Crippen LogP contribution in [0.25, 0.3) is 10.9 Å². The van der Waals surface area contributed by atoms with E-state index in [2.05, 4.69) is 9.97 Å². The van der Waals surface area contributed by atoms with Crippen molar-refractivity contribution in [3.8, 4) is 0 Å². The second-order valence-electron chi connectivity index (χ2n) is 2.90. The zero-order valence-corrected chi connectivity index (χ0v) is 7.74. The third-order valence-electron chi connectivity index (χ3n) is 2.16. The molecule has 0 aromatic carbocycles. The molecule has 0 atom stereocenters. The van der Waals surface area contributed by atoms with Crippen LogP contribution in [0.1, 0.15) is 11.3 Å². The highest BCUT2D eigenvalue weighted by molar-refractivity contribution is 6.34. The molecule has 0 saturated carbocycles. The first kappa shape index (κ1) is 7.62. The predicted molar refractivity (Wildman–Crippen MR) is 50.6 cm³/mol. The number of hydrogen-bond acceptors (Lipinski definition) is 1. The Bertz CT molecular complexity index is 431. The molecule has 1 N–H and O–H groups in total. The molecule has 3 heteroatoms. The summed E-state index contributed by atoms with van der Waals surface area (Å²) in [5, 5.41) is 1.62. The minimum absolute atomic E-state index is 0.578. The highest BCUT2D eigenvalue weighted by Gasteiger charge is 2.07. The molecule has 62 valence electrons. The van der Waals surface area contributed by atoms with Crippen LogP contribution in [0.4, 0.5) is 0 Å². The number of aromatic nitrogens is 2. The monoisotopic (exact) mass is 180 g/mol. The van der Waals surface area contributed by atoms with Gasteiger partial charge in [-0.05, 0) is 25.5 Å². The van der Waals surface area contributed by atoms with Crippen molar-refractivity contribution < 1.29 is 0 Å². The lowest BCUT2D eigenvalue weighted by atomic mass is 10.2. The van der Waals surface area contributed by atoms with Gasteiger partial charge in [-0.2, -0.15) is 0 Å². The van der Waals surface area contributed by atoms with E-state index in [9.17, 15) is 0 Å². The number of aromatic amines is 1. The SMILES string of the molecule is Cc1[nH]c2ccnc(Cl)c2c1C. The number of nitrogens with zero attached hydrogens (tertiary/aromatic N) is 1. The summed E-state index contributed by atoms with van der Waals surface area (Å²) in [5.41, 5.74) is 3.40. The molecular weight excluding hydrogens is 172 g/mol. The summed E-state index contributed by atoms with van der Waals surface area (Å²) in [6.07, 6.45) is 1.71. The maximum atomic E-state index is 5.94. The van der Waals surface area contributed by atoms with Gasteiger partial charge >= 0.3 is 0 Å². The standard InChI is InChI=1S/C9H9ClN2/c1-5-6(2)12-7-3-4-11-9(10)8(5)7/h3-4,12H,1-2H3. The van der Waals surface area contributed by atoms with Crippen LogP contribution in [0.3, 0.4) is 0 Å². The molecule has 0 amide bonds. The molecule has 2 rings (SSSR count). The van der Waals surface area contributed by atoms with Crippen LogP contribution in [0, 0.1) is 13.8 Å². The van der Waals surface area contributed by atoms with Crippen molar-refractivity contribution in [2.45, 2.75) is 13.8 Å². The van der Waals surface area contributed by atoms with Crippen molar-refractivity contribution >= 4 is 22.5 Å². The van der Waals surface area contributed by atoms with Gasteiger partial charge in [0.15, 0.2) is 0 Å². The third-order valence-corrected chi connectivity index (χ3v) is 2.45. The lowest BCUT2D eigenvalue weighted by Gasteiger charge is -1.92. The Hall–Kier alpha value is -1.02. The Kier molecular flexibility index (Phi) is 1.58. The number of aryl methyl sites for hydroxylation is 2. The Labute approximate surface area is 75.6 Å². The molecule has 2 nitrogen and oxygen atoms in total. The maximum Gasteiger partial charge on any atom is 0.138 e. The fourth-order valence-corrected chi connectivity index (χ4v) is 1.68. The fraction of sp³-hybridized carbons (Fsp3) is 0.222. The van der Waals surface area contributed by atoms with Gasteiger partial charge in [0, 0.05) is 17.3 Å². The van der Waals surface area contributed by atoms with E-state index in [1.165, 1.54) is 5.56 Å². The van der Waals surface area contributed by atoms with E-state index in [0.717, 1.165) is 16.6 Å². The van der Waals surface area contributed by atoms with Crippen LogP contribution in [-0.2, 0) is 0 Å². The highest BCUT2D eigenvalue weighted by Crippen LogP contribution is 2.26. The van der Waals surface area contributed by atoms with E-state index in [0.29, 0.717) is 5.15 Å². The van der Waals surface area contributed by atoms with Gasteiger partial charge in [-0.15, -0.1) is 0 Å². The van der Waals surface area contributed by atoms with Gasteiger partial charge in [-0.25, -0.2) is 4.98 Å². The zero-order chi connectivity index (χ0) is 8.72. The highest BCUT2D eigenvalue weighted by atomic mass is 35.5. The molecule has 12 heavy (non-hydrogen) atoms. The second kappa shape index (κ2) is 2.49. The van der Waals surface area contributed by atoms with E-state index in [1.54, 1.807) is 6.20 Å².